The molecule has 0 fully saturated rings. The Kier molecular flexibility index (Phi) is 3.55. The summed E-state index contributed by atoms with van der Waals surface area (Å²) in [6.45, 7) is 25.4. The summed E-state index contributed by atoms with van der Waals surface area (Å²) in [4.78, 5) is 0. The van der Waals surface area contributed by atoms with Gasteiger partial charge in [0.1, 0.15) is 11.2 Å². The molecule has 0 unspecified atom stereocenters. The Morgan fingerprint density at radius 1 is 0.630 bits per heavy atom. The second-order valence-corrected chi connectivity index (χ2v) is 9.18. The maximum atomic E-state index is 2.60. The molecule has 142 valence electrons. The van der Waals surface area contributed by atoms with Gasteiger partial charge < -0.3 is 0 Å². The first kappa shape index (κ1) is 18.3. The Labute approximate surface area is 163 Å². The van der Waals surface area contributed by atoms with Gasteiger partial charge in [-0.3, -0.25) is 0 Å². The van der Waals surface area contributed by atoms with E-state index in [4.69, 9.17) is 0 Å². The van der Waals surface area contributed by atoms with E-state index in [2.05, 4.69) is 85.1 Å². The number of aryl methyl sites for hydroxylation is 3. The van der Waals surface area contributed by atoms with Crippen molar-refractivity contribution in [3.8, 4) is 11.3 Å². The number of pyridine rings is 1. The Morgan fingerprint density at radius 3 is 1.74 bits per heavy atom. The first-order valence-electron chi connectivity index (χ1n) is 10.1. The van der Waals surface area contributed by atoms with E-state index in [1.54, 1.807) is 0 Å². The normalized spacial score (nSPS) is 14.8. The third-order valence-electron chi connectivity index (χ3n) is 7.77. The van der Waals surface area contributed by atoms with Gasteiger partial charge in [0.15, 0.2) is 11.2 Å². The van der Waals surface area contributed by atoms with Gasteiger partial charge in [-0.2, -0.15) is 4.40 Å². The molecule has 2 heteroatoms. The van der Waals surface area contributed by atoms with Gasteiger partial charge in [0.25, 0.3) is 5.82 Å². The summed E-state index contributed by atoms with van der Waals surface area (Å²) >= 11 is 0. The van der Waals surface area contributed by atoms with E-state index in [0.717, 1.165) is 0 Å². The molecule has 2 aromatic heterocycles. The third-order valence-corrected chi connectivity index (χ3v) is 7.77. The van der Waals surface area contributed by atoms with Crippen LogP contribution in [0.4, 0.5) is 0 Å². The molecule has 0 amide bonds. The lowest BCUT2D eigenvalue weighted by atomic mass is 9.82. The van der Waals surface area contributed by atoms with E-state index in [1.165, 1.54) is 72.8 Å². The van der Waals surface area contributed by atoms with Gasteiger partial charge in [0.2, 0.25) is 0 Å². The Morgan fingerprint density at radius 2 is 1.15 bits per heavy atom. The van der Waals surface area contributed by atoms with Gasteiger partial charge >= 0.3 is 0 Å². The van der Waals surface area contributed by atoms with E-state index in [9.17, 15) is 0 Å². The van der Waals surface area contributed by atoms with Crippen molar-refractivity contribution in [3.05, 3.63) is 56.0 Å². The highest BCUT2D eigenvalue weighted by Gasteiger charge is 2.48. The van der Waals surface area contributed by atoms with E-state index in [0.29, 0.717) is 0 Å². The van der Waals surface area contributed by atoms with Crippen LogP contribution in [0.5, 0.6) is 0 Å². The van der Waals surface area contributed by atoms with Crippen molar-refractivity contribution in [2.75, 3.05) is 0 Å². The zero-order valence-electron chi connectivity index (χ0n) is 18.9. The van der Waals surface area contributed by atoms with Crippen LogP contribution in [0.25, 0.3) is 16.8 Å². The summed E-state index contributed by atoms with van der Waals surface area (Å²) in [6.07, 6.45) is 0. The molecule has 0 saturated carbocycles. The molecule has 1 aliphatic rings. The quantitative estimate of drug-likeness (QED) is 0.450. The van der Waals surface area contributed by atoms with Crippen LogP contribution in [0, 0.1) is 62.3 Å². The van der Waals surface area contributed by atoms with Crippen LogP contribution in [0.15, 0.2) is 0 Å². The summed E-state index contributed by atoms with van der Waals surface area (Å²) in [6, 6.07) is 0. The van der Waals surface area contributed by atoms with Crippen molar-refractivity contribution >= 4 is 5.52 Å². The number of fused-ring (bicyclic) bond motifs is 5. The van der Waals surface area contributed by atoms with Crippen LogP contribution < -0.4 is 4.57 Å². The van der Waals surface area contributed by atoms with E-state index < -0.39 is 0 Å². The van der Waals surface area contributed by atoms with Gasteiger partial charge in [0, 0.05) is 23.6 Å². The van der Waals surface area contributed by atoms with E-state index >= 15 is 0 Å². The predicted molar refractivity (Wildman–Crippen MR) is 114 cm³/mol. The predicted octanol–water partition coefficient (Wildman–Crippen LogP) is 5.77. The molecule has 0 bridgehead atoms. The van der Waals surface area contributed by atoms with E-state index in [1.807, 2.05) is 0 Å². The first-order valence-corrected chi connectivity index (χ1v) is 10.1. The fraction of sp³-hybridized carbons (Fsp3) is 0.480. The highest BCUT2D eigenvalue weighted by atomic mass is 15.2. The van der Waals surface area contributed by atoms with Crippen molar-refractivity contribution in [2.24, 2.45) is 0 Å². The standard InChI is InChI=1S/C25H33N2/c1-12-13(2)17(6)22-21(16(12)5)24-23-18(7)14(3)15(4)19(8)26(23)20(9)27(24)25(22,10)11/h1-11H3/q+1. The molecule has 1 aromatic carbocycles. The van der Waals surface area contributed by atoms with Crippen LogP contribution >= 0.6 is 0 Å². The lowest BCUT2D eigenvalue weighted by Crippen LogP contribution is -2.52. The maximum absolute atomic E-state index is 2.60. The molecule has 0 radical (unpaired) electrons. The third kappa shape index (κ3) is 1.89. The number of nitrogens with zero attached hydrogens (tertiary/aromatic N) is 2. The van der Waals surface area contributed by atoms with Crippen LogP contribution in [0.1, 0.15) is 69.9 Å². The van der Waals surface area contributed by atoms with Gasteiger partial charge in [-0.15, -0.1) is 0 Å². The smallest absolute Gasteiger partial charge is 0.217 e. The fourth-order valence-electron chi connectivity index (χ4n) is 5.69. The lowest BCUT2D eigenvalue weighted by molar-refractivity contribution is -0.736. The summed E-state index contributed by atoms with van der Waals surface area (Å²) in [5, 5.41) is 0. The molecule has 1 aliphatic heterocycles. The summed E-state index contributed by atoms with van der Waals surface area (Å²) in [5.41, 5.74) is 17.1. The molecular formula is C25H33N2+. The van der Waals surface area contributed by atoms with Crippen molar-refractivity contribution in [1.29, 1.82) is 0 Å². The van der Waals surface area contributed by atoms with Crippen molar-refractivity contribution in [3.63, 3.8) is 0 Å². The highest BCUT2D eigenvalue weighted by molar-refractivity contribution is 5.86. The maximum Gasteiger partial charge on any atom is 0.259 e. The van der Waals surface area contributed by atoms with Crippen LogP contribution in [-0.4, -0.2) is 4.40 Å². The molecule has 27 heavy (non-hydrogen) atoms. The number of aromatic nitrogens is 2. The molecule has 4 rings (SSSR count). The number of imidazole rings is 1. The minimum absolute atomic E-state index is 0.0469. The Bertz CT molecular complexity index is 1170. The second kappa shape index (κ2) is 5.25. The molecular weight excluding hydrogens is 328 g/mol. The monoisotopic (exact) mass is 361 g/mol. The highest BCUT2D eigenvalue weighted by Crippen LogP contribution is 2.47. The number of benzene rings is 1. The molecule has 0 atom stereocenters. The van der Waals surface area contributed by atoms with E-state index in [-0.39, 0.29) is 5.54 Å². The van der Waals surface area contributed by atoms with Gasteiger partial charge in [-0.25, -0.2) is 4.57 Å². The summed E-state index contributed by atoms with van der Waals surface area (Å²) in [7, 11) is 0. The summed E-state index contributed by atoms with van der Waals surface area (Å²) < 4.78 is 5.10. The Hall–Kier alpha value is -2.09. The fourth-order valence-corrected chi connectivity index (χ4v) is 5.69. The second-order valence-electron chi connectivity index (χ2n) is 9.18. The average Bonchev–Trinajstić information content (AvgIpc) is 3.04. The first-order chi connectivity index (χ1) is 12.4. The molecule has 3 aromatic rings. The largest absolute Gasteiger partial charge is 0.259 e. The minimum atomic E-state index is -0.0469. The zero-order chi connectivity index (χ0) is 20.2. The van der Waals surface area contributed by atoms with Crippen LogP contribution in [0.2, 0.25) is 0 Å². The van der Waals surface area contributed by atoms with Crippen LogP contribution in [-0.2, 0) is 5.54 Å². The molecule has 0 aliphatic carbocycles. The molecule has 3 heterocycles. The molecule has 0 N–H and O–H groups in total. The lowest BCUT2D eigenvalue weighted by Gasteiger charge is -2.23. The molecule has 0 spiro atoms. The van der Waals surface area contributed by atoms with Gasteiger partial charge in [0.05, 0.1) is 0 Å². The SMILES string of the molecule is Cc1c(C)c(C)c2c(c1C)-c1c3c(C)c(C)c(C)c(C)n3c(C)[n+]1C2(C)C. The summed E-state index contributed by atoms with van der Waals surface area (Å²) in [5.74, 6) is 1.33. The number of hydrogen-bond donors (Lipinski definition) is 0. The topological polar surface area (TPSA) is 8.29 Å². The zero-order valence-corrected chi connectivity index (χ0v) is 18.9. The van der Waals surface area contributed by atoms with Gasteiger partial charge in [-0.1, -0.05) is 0 Å². The molecule has 2 nitrogen and oxygen atoms in total. The van der Waals surface area contributed by atoms with Crippen LogP contribution in [0.3, 0.4) is 0 Å². The molecule has 0 saturated heterocycles. The minimum Gasteiger partial charge on any atom is -0.217 e. The average molecular weight is 362 g/mol. The van der Waals surface area contributed by atoms with Crippen molar-refractivity contribution in [2.45, 2.75) is 81.7 Å². The Balaban J connectivity index is 2.36. The number of rotatable bonds is 0. The van der Waals surface area contributed by atoms with Crippen molar-refractivity contribution < 1.29 is 4.57 Å². The van der Waals surface area contributed by atoms with Gasteiger partial charge in [-0.05, 0) is 103 Å². The van der Waals surface area contributed by atoms with Crippen molar-refractivity contribution in [1.82, 2.24) is 4.40 Å². The number of hydrogen-bond acceptors (Lipinski definition) is 0.